The summed E-state index contributed by atoms with van der Waals surface area (Å²) in [5, 5.41) is 1.00. The van der Waals surface area contributed by atoms with Crippen LogP contribution in [-0.4, -0.2) is 18.4 Å². The molecule has 0 spiro atoms. The molecule has 0 radical (unpaired) electrons. The molecule has 0 fully saturated rings. The Morgan fingerprint density at radius 1 is 0.933 bits per heavy atom. The van der Waals surface area contributed by atoms with E-state index in [1.165, 1.54) is 0 Å². The van der Waals surface area contributed by atoms with Crippen molar-refractivity contribution in [2.24, 2.45) is 0 Å². The van der Waals surface area contributed by atoms with Crippen LogP contribution in [0.4, 0.5) is 0 Å². The van der Waals surface area contributed by atoms with Gasteiger partial charge in [0.05, 0.1) is 0 Å². The standard InChI is InChI=1S/C24H20Cl2O4/c1-2-16-7-9-17(10-8-16)22(27)15-30-24(28)20-5-3-4-6-23(20)29-14-18-11-12-19(25)13-21(18)26/h3-13H,2,14-15H2,1H3. The van der Waals surface area contributed by atoms with Gasteiger partial charge in [-0.2, -0.15) is 0 Å². The molecule has 30 heavy (non-hydrogen) atoms. The fourth-order valence-electron chi connectivity index (χ4n) is 2.77. The van der Waals surface area contributed by atoms with E-state index in [-0.39, 0.29) is 24.6 Å². The van der Waals surface area contributed by atoms with Crippen LogP contribution >= 0.6 is 23.2 Å². The number of ether oxygens (including phenoxy) is 2. The fourth-order valence-corrected chi connectivity index (χ4v) is 3.24. The maximum atomic E-state index is 12.5. The molecule has 154 valence electrons. The number of carbonyl (C=O) groups excluding carboxylic acids is 2. The Morgan fingerprint density at radius 2 is 1.67 bits per heavy atom. The van der Waals surface area contributed by atoms with Crippen molar-refractivity contribution in [1.82, 2.24) is 0 Å². The van der Waals surface area contributed by atoms with Crippen LogP contribution in [0.1, 0.15) is 38.8 Å². The molecule has 0 saturated heterocycles. The van der Waals surface area contributed by atoms with Gasteiger partial charge in [-0.25, -0.2) is 4.79 Å². The number of carbonyl (C=O) groups is 2. The number of hydrogen-bond donors (Lipinski definition) is 0. The third-order valence-corrected chi connectivity index (χ3v) is 5.11. The van der Waals surface area contributed by atoms with E-state index in [4.69, 9.17) is 32.7 Å². The smallest absolute Gasteiger partial charge is 0.342 e. The van der Waals surface area contributed by atoms with Crippen molar-refractivity contribution in [3.8, 4) is 5.75 Å². The van der Waals surface area contributed by atoms with Gasteiger partial charge in [-0.15, -0.1) is 0 Å². The Balaban J connectivity index is 1.63. The number of esters is 1. The van der Waals surface area contributed by atoms with Crippen molar-refractivity contribution in [1.29, 1.82) is 0 Å². The van der Waals surface area contributed by atoms with E-state index in [0.29, 0.717) is 21.4 Å². The quantitative estimate of drug-likeness (QED) is 0.309. The first kappa shape index (κ1) is 21.9. The average Bonchev–Trinajstić information content (AvgIpc) is 2.77. The number of ketones is 1. The Bertz CT molecular complexity index is 1050. The van der Waals surface area contributed by atoms with Crippen LogP contribution in [0, 0.1) is 0 Å². The monoisotopic (exact) mass is 442 g/mol. The summed E-state index contributed by atoms with van der Waals surface area (Å²) in [7, 11) is 0. The lowest BCUT2D eigenvalue weighted by Gasteiger charge is -2.12. The van der Waals surface area contributed by atoms with Crippen molar-refractivity contribution >= 4 is 35.0 Å². The van der Waals surface area contributed by atoms with Crippen LogP contribution in [0.2, 0.25) is 10.0 Å². The van der Waals surface area contributed by atoms with E-state index in [1.807, 2.05) is 19.1 Å². The van der Waals surface area contributed by atoms with Gasteiger partial charge in [-0.1, -0.05) is 72.6 Å². The predicted octanol–water partition coefficient (Wildman–Crippen LogP) is 6.17. The number of aryl methyl sites for hydroxylation is 1. The van der Waals surface area contributed by atoms with E-state index in [1.54, 1.807) is 54.6 Å². The van der Waals surface area contributed by atoms with Crippen LogP contribution in [0.3, 0.4) is 0 Å². The van der Waals surface area contributed by atoms with Crippen molar-refractivity contribution < 1.29 is 19.1 Å². The molecule has 0 N–H and O–H groups in total. The minimum Gasteiger partial charge on any atom is -0.488 e. The van der Waals surface area contributed by atoms with Gasteiger partial charge < -0.3 is 9.47 Å². The van der Waals surface area contributed by atoms with Crippen molar-refractivity contribution in [2.75, 3.05) is 6.61 Å². The average molecular weight is 443 g/mol. The Hall–Kier alpha value is -2.82. The van der Waals surface area contributed by atoms with Gasteiger partial charge >= 0.3 is 5.97 Å². The first-order valence-corrected chi connectivity index (χ1v) is 10.2. The molecule has 0 saturated carbocycles. The summed E-state index contributed by atoms with van der Waals surface area (Å²) in [4.78, 5) is 24.8. The van der Waals surface area contributed by atoms with Crippen molar-refractivity contribution in [3.63, 3.8) is 0 Å². The van der Waals surface area contributed by atoms with Crippen LogP contribution in [0.15, 0.2) is 66.7 Å². The highest BCUT2D eigenvalue weighted by molar-refractivity contribution is 6.35. The molecule has 4 nitrogen and oxygen atoms in total. The Labute approximate surface area is 185 Å². The first-order chi connectivity index (χ1) is 14.5. The van der Waals surface area contributed by atoms with Crippen LogP contribution < -0.4 is 4.74 Å². The molecule has 3 rings (SSSR count). The molecule has 3 aromatic rings. The molecule has 0 heterocycles. The summed E-state index contributed by atoms with van der Waals surface area (Å²) < 4.78 is 11.0. The molecular weight excluding hydrogens is 423 g/mol. The van der Waals surface area contributed by atoms with Gasteiger partial charge in [0.2, 0.25) is 0 Å². The van der Waals surface area contributed by atoms with Gasteiger partial charge in [0.1, 0.15) is 17.9 Å². The first-order valence-electron chi connectivity index (χ1n) is 9.43. The minimum absolute atomic E-state index is 0.156. The van der Waals surface area contributed by atoms with Crippen LogP contribution in [-0.2, 0) is 17.8 Å². The van der Waals surface area contributed by atoms with Gasteiger partial charge in [0, 0.05) is 21.2 Å². The molecule has 0 aliphatic carbocycles. The zero-order valence-corrected chi connectivity index (χ0v) is 17.9. The van der Waals surface area contributed by atoms with Gasteiger partial charge in [-0.05, 0) is 36.2 Å². The zero-order valence-electron chi connectivity index (χ0n) is 16.4. The number of Topliss-reactive ketones (excluding diaryl/α,β-unsaturated/α-hetero) is 1. The number of rotatable bonds is 8. The molecule has 0 bridgehead atoms. The molecule has 0 aliphatic rings. The molecule has 0 aliphatic heterocycles. The lowest BCUT2D eigenvalue weighted by molar-refractivity contribution is 0.0470. The molecule has 0 amide bonds. The SMILES string of the molecule is CCc1ccc(C(=O)COC(=O)c2ccccc2OCc2ccc(Cl)cc2Cl)cc1. The summed E-state index contributed by atoms with van der Waals surface area (Å²) in [6.45, 7) is 1.85. The molecule has 0 atom stereocenters. The second kappa shape index (κ2) is 10.3. The van der Waals surface area contributed by atoms with Gasteiger partial charge in [-0.3, -0.25) is 4.79 Å². The third kappa shape index (κ3) is 5.62. The number of benzene rings is 3. The topological polar surface area (TPSA) is 52.6 Å². The minimum atomic E-state index is -0.633. The van der Waals surface area contributed by atoms with Crippen LogP contribution in [0.25, 0.3) is 0 Å². The molecular formula is C24H20Cl2O4. The van der Waals surface area contributed by atoms with Crippen molar-refractivity contribution in [2.45, 2.75) is 20.0 Å². The summed E-state index contributed by atoms with van der Waals surface area (Å²) in [5.41, 5.74) is 2.60. The lowest BCUT2D eigenvalue weighted by Crippen LogP contribution is -2.15. The van der Waals surface area contributed by atoms with Gasteiger partial charge in [0.15, 0.2) is 12.4 Å². The van der Waals surface area contributed by atoms with Gasteiger partial charge in [0.25, 0.3) is 0 Å². The highest BCUT2D eigenvalue weighted by atomic mass is 35.5. The number of hydrogen-bond acceptors (Lipinski definition) is 4. The third-order valence-electron chi connectivity index (χ3n) is 4.52. The van der Waals surface area contributed by atoms with E-state index >= 15 is 0 Å². The van der Waals surface area contributed by atoms with E-state index in [0.717, 1.165) is 17.5 Å². The van der Waals surface area contributed by atoms with E-state index in [2.05, 4.69) is 0 Å². The number of para-hydroxylation sites is 1. The summed E-state index contributed by atoms with van der Waals surface area (Å²) in [6, 6.07) is 19.0. The molecule has 3 aromatic carbocycles. The summed E-state index contributed by atoms with van der Waals surface area (Å²) in [6.07, 6.45) is 0.890. The molecule has 0 unspecified atom stereocenters. The maximum absolute atomic E-state index is 12.5. The Kier molecular flexibility index (Phi) is 7.50. The molecule has 6 heteroatoms. The normalized spacial score (nSPS) is 10.5. The largest absolute Gasteiger partial charge is 0.488 e. The lowest BCUT2D eigenvalue weighted by atomic mass is 10.1. The Morgan fingerprint density at radius 3 is 2.37 bits per heavy atom. The zero-order chi connectivity index (χ0) is 21.5. The fraction of sp³-hybridized carbons (Fsp3) is 0.167. The maximum Gasteiger partial charge on any atom is 0.342 e. The summed E-state index contributed by atoms with van der Waals surface area (Å²) in [5.74, 6) is -0.558. The molecule has 0 aromatic heterocycles. The van der Waals surface area contributed by atoms with E-state index in [9.17, 15) is 9.59 Å². The summed E-state index contributed by atoms with van der Waals surface area (Å²) >= 11 is 12.1. The van der Waals surface area contributed by atoms with Crippen molar-refractivity contribution in [3.05, 3.63) is 99.0 Å². The highest BCUT2D eigenvalue weighted by Crippen LogP contribution is 2.25. The predicted molar refractivity (Wildman–Crippen MR) is 118 cm³/mol. The second-order valence-corrected chi connectivity index (χ2v) is 7.41. The van der Waals surface area contributed by atoms with E-state index < -0.39 is 5.97 Å². The second-order valence-electron chi connectivity index (χ2n) is 6.57. The number of halogens is 2. The van der Waals surface area contributed by atoms with Crippen LogP contribution in [0.5, 0.6) is 5.75 Å². The highest BCUT2D eigenvalue weighted by Gasteiger charge is 2.16.